The van der Waals surface area contributed by atoms with Gasteiger partial charge in [-0.05, 0) is 35.4 Å². The fraction of sp³-hybridized carbons (Fsp3) is 0.0435. The summed E-state index contributed by atoms with van der Waals surface area (Å²) in [6.07, 6.45) is 1.50. The molecular weight excluding hydrogens is 412 g/mol. The lowest BCUT2D eigenvalue weighted by molar-refractivity contribution is -0.384. The van der Waals surface area contributed by atoms with Gasteiger partial charge in [-0.15, -0.1) is 0 Å². The Morgan fingerprint density at radius 3 is 2.69 bits per heavy atom. The van der Waals surface area contributed by atoms with Crippen molar-refractivity contribution in [1.82, 2.24) is 10.4 Å². The van der Waals surface area contributed by atoms with E-state index in [0.717, 1.165) is 11.1 Å². The summed E-state index contributed by atoms with van der Waals surface area (Å²) >= 11 is 0. The molecule has 0 spiro atoms. The number of fused-ring (bicyclic) bond motifs is 2. The normalized spacial score (nSPS) is 12.4. The van der Waals surface area contributed by atoms with E-state index in [9.17, 15) is 14.9 Å². The molecule has 0 radical (unpaired) electrons. The van der Waals surface area contributed by atoms with Gasteiger partial charge in [-0.3, -0.25) is 14.9 Å². The van der Waals surface area contributed by atoms with Crippen LogP contribution in [-0.2, 0) is 0 Å². The van der Waals surface area contributed by atoms with Crippen LogP contribution in [0.5, 0.6) is 11.5 Å². The highest BCUT2D eigenvalue weighted by Gasteiger charge is 2.21. The van der Waals surface area contributed by atoms with Crippen LogP contribution in [0.1, 0.15) is 16.1 Å². The van der Waals surface area contributed by atoms with E-state index in [4.69, 9.17) is 9.47 Å². The first-order valence-electron chi connectivity index (χ1n) is 9.69. The predicted molar refractivity (Wildman–Crippen MR) is 118 cm³/mol. The van der Waals surface area contributed by atoms with E-state index in [1.54, 1.807) is 24.3 Å². The zero-order valence-corrected chi connectivity index (χ0v) is 16.6. The topological polar surface area (TPSA) is 119 Å². The molecule has 1 aliphatic rings. The van der Waals surface area contributed by atoms with Crippen LogP contribution in [0.3, 0.4) is 0 Å². The molecule has 0 fully saturated rings. The van der Waals surface area contributed by atoms with Gasteiger partial charge in [0.15, 0.2) is 11.5 Å². The summed E-state index contributed by atoms with van der Waals surface area (Å²) in [5, 5.41) is 15.9. The summed E-state index contributed by atoms with van der Waals surface area (Å²) in [4.78, 5) is 26.8. The zero-order chi connectivity index (χ0) is 22.1. The number of nitro groups is 1. The minimum Gasteiger partial charge on any atom is -0.454 e. The summed E-state index contributed by atoms with van der Waals surface area (Å²) in [7, 11) is 0. The van der Waals surface area contributed by atoms with Crippen LogP contribution in [0.25, 0.3) is 22.0 Å². The third-order valence-electron chi connectivity index (χ3n) is 5.06. The molecule has 0 saturated carbocycles. The zero-order valence-electron chi connectivity index (χ0n) is 16.6. The molecule has 1 aromatic heterocycles. The van der Waals surface area contributed by atoms with Crippen molar-refractivity contribution in [3.05, 3.63) is 88.1 Å². The number of aromatic nitrogens is 1. The number of ether oxygens (including phenoxy) is 2. The third-order valence-corrected chi connectivity index (χ3v) is 5.06. The van der Waals surface area contributed by atoms with E-state index in [2.05, 4.69) is 15.5 Å². The monoisotopic (exact) mass is 428 g/mol. The standard InChI is InChI=1S/C23H16N4O5/c28-23(26-24-12-14-6-9-19-20(10-14)32-13-31-19)22-21(15-4-2-1-3-5-15)17-11-16(27(29)30)7-8-18(17)25-22/h1-12,25H,13H2,(H,26,28)/b24-12-. The molecule has 9 heteroatoms. The average Bonchev–Trinajstić information content (AvgIpc) is 3.43. The summed E-state index contributed by atoms with van der Waals surface area (Å²) in [5.74, 6) is 0.800. The van der Waals surface area contributed by atoms with Gasteiger partial charge in [0.2, 0.25) is 6.79 Å². The van der Waals surface area contributed by atoms with Gasteiger partial charge in [-0.25, -0.2) is 5.43 Å². The molecule has 0 bridgehead atoms. The van der Waals surface area contributed by atoms with Crippen molar-refractivity contribution in [2.24, 2.45) is 5.10 Å². The third kappa shape index (κ3) is 3.52. The molecule has 1 aliphatic heterocycles. The fourth-order valence-electron chi connectivity index (χ4n) is 3.58. The van der Waals surface area contributed by atoms with E-state index < -0.39 is 10.8 Å². The van der Waals surface area contributed by atoms with E-state index in [1.807, 2.05) is 30.3 Å². The predicted octanol–water partition coefficient (Wildman–Crippen LogP) is 4.24. The van der Waals surface area contributed by atoms with E-state index in [-0.39, 0.29) is 18.2 Å². The average molecular weight is 428 g/mol. The van der Waals surface area contributed by atoms with Gasteiger partial charge < -0.3 is 14.5 Å². The summed E-state index contributed by atoms with van der Waals surface area (Å²) < 4.78 is 10.6. The Bertz CT molecular complexity index is 1380. The Kier molecular flexibility index (Phi) is 4.75. The number of carbonyl (C=O) groups excluding carboxylic acids is 1. The number of benzene rings is 3. The minimum atomic E-state index is -0.473. The minimum absolute atomic E-state index is 0.0542. The Morgan fingerprint density at radius 1 is 1.06 bits per heavy atom. The van der Waals surface area contributed by atoms with Crippen molar-refractivity contribution in [2.45, 2.75) is 0 Å². The van der Waals surface area contributed by atoms with Gasteiger partial charge in [0.25, 0.3) is 11.6 Å². The first-order chi connectivity index (χ1) is 15.6. The molecule has 0 saturated heterocycles. The molecule has 5 rings (SSSR count). The fourth-order valence-corrected chi connectivity index (χ4v) is 3.58. The molecule has 2 N–H and O–H groups in total. The van der Waals surface area contributed by atoms with Crippen LogP contribution in [0, 0.1) is 10.1 Å². The number of carbonyl (C=O) groups is 1. The summed E-state index contributed by atoms with van der Waals surface area (Å²) in [6.45, 7) is 0.174. The van der Waals surface area contributed by atoms with Crippen molar-refractivity contribution >= 4 is 28.7 Å². The SMILES string of the molecule is O=C(N/N=C\c1ccc2c(c1)OCO2)c1[nH]c2ccc([N+](=O)[O-])cc2c1-c1ccccc1. The molecule has 0 unspecified atom stereocenters. The van der Waals surface area contributed by atoms with Crippen LogP contribution in [-0.4, -0.2) is 28.8 Å². The second-order valence-corrected chi connectivity index (χ2v) is 7.04. The Labute approximate surface area is 181 Å². The first kappa shape index (κ1) is 19.3. The lowest BCUT2D eigenvalue weighted by Gasteiger charge is -2.04. The molecule has 0 aliphatic carbocycles. The van der Waals surface area contributed by atoms with Crippen molar-refractivity contribution in [3.63, 3.8) is 0 Å². The molecule has 9 nitrogen and oxygen atoms in total. The molecule has 32 heavy (non-hydrogen) atoms. The van der Waals surface area contributed by atoms with Gasteiger partial charge in [-0.2, -0.15) is 5.10 Å². The van der Waals surface area contributed by atoms with Crippen molar-refractivity contribution in [3.8, 4) is 22.6 Å². The van der Waals surface area contributed by atoms with Crippen LogP contribution in [0.2, 0.25) is 0 Å². The van der Waals surface area contributed by atoms with Crippen LogP contribution >= 0.6 is 0 Å². The maximum absolute atomic E-state index is 13.0. The summed E-state index contributed by atoms with van der Waals surface area (Å²) in [6, 6.07) is 19.0. The van der Waals surface area contributed by atoms with E-state index in [0.29, 0.717) is 28.0 Å². The summed E-state index contributed by atoms with van der Waals surface area (Å²) in [5.41, 5.74) is 5.38. The first-order valence-corrected chi connectivity index (χ1v) is 9.69. The van der Waals surface area contributed by atoms with Crippen LogP contribution in [0.15, 0.2) is 71.8 Å². The van der Waals surface area contributed by atoms with Crippen LogP contribution < -0.4 is 14.9 Å². The number of hydrazone groups is 1. The number of hydrogen-bond acceptors (Lipinski definition) is 6. The number of nitrogens with one attached hydrogen (secondary N) is 2. The van der Waals surface area contributed by atoms with Crippen molar-refractivity contribution in [1.29, 1.82) is 0 Å². The maximum Gasteiger partial charge on any atom is 0.288 e. The Morgan fingerprint density at radius 2 is 1.88 bits per heavy atom. The highest BCUT2D eigenvalue weighted by Crippen LogP contribution is 2.35. The van der Waals surface area contributed by atoms with Gasteiger partial charge in [-0.1, -0.05) is 30.3 Å². The smallest absolute Gasteiger partial charge is 0.288 e. The quantitative estimate of drug-likeness (QED) is 0.280. The number of aromatic amines is 1. The van der Waals surface area contributed by atoms with Gasteiger partial charge >= 0.3 is 0 Å². The Hall–Kier alpha value is -4.66. The molecule has 1 amide bonds. The Balaban J connectivity index is 1.48. The molecule has 4 aromatic rings. The number of H-pyrrole nitrogens is 1. The second-order valence-electron chi connectivity index (χ2n) is 7.04. The van der Waals surface area contributed by atoms with Crippen molar-refractivity contribution < 1.29 is 19.2 Å². The van der Waals surface area contributed by atoms with E-state index >= 15 is 0 Å². The highest BCUT2D eigenvalue weighted by atomic mass is 16.7. The van der Waals surface area contributed by atoms with Gasteiger partial charge in [0.05, 0.1) is 11.1 Å². The van der Waals surface area contributed by atoms with Gasteiger partial charge in [0.1, 0.15) is 5.69 Å². The lowest BCUT2D eigenvalue weighted by atomic mass is 10.0. The number of rotatable bonds is 5. The molecule has 158 valence electrons. The van der Waals surface area contributed by atoms with Gasteiger partial charge in [0, 0.05) is 28.6 Å². The number of non-ortho nitro benzene ring substituents is 1. The van der Waals surface area contributed by atoms with Crippen molar-refractivity contribution in [2.75, 3.05) is 6.79 Å². The van der Waals surface area contributed by atoms with E-state index in [1.165, 1.54) is 18.3 Å². The number of nitrogens with zero attached hydrogens (tertiary/aromatic N) is 2. The number of hydrogen-bond donors (Lipinski definition) is 2. The molecule has 3 aromatic carbocycles. The maximum atomic E-state index is 13.0. The molecule has 0 atom stereocenters. The number of amides is 1. The lowest BCUT2D eigenvalue weighted by Crippen LogP contribution is -2.18. The second kappa shape index (κ2) is 7.88. The molecular formula is C23H16N4O5. The highest BCUT2D eigenvalue weighted by molar-refractivity contribution is 6.10. The molecule has 2 heterocycles. The number of nitro benzene ring substituents is 1. The largest absolute Gasteiger partial charge is 0.454 e. The van der Waals surface area contributed by atoms with Crippen LogP contribution in [0.4, 0.5) is 5.69 Å².